The van der Waals surface area contributed by atoms with Crippen molar-refractivity contribution in [3.8, 4) is 0 Å². The van der Waals surface area contributed by atoms with Gasteiger partial charge in [0.25, 0.3) is 0 Å². The Kier molecular flexibility index (Phi) is 3.74. The minimum absolute atomic E-state index is 0.0685. The molecule has 2 heterocycles. The number of ketones is 1. The van der Waals surface area contributed by atoms with Crippen LogP contribution in [0.4, 0.5) is 0 Å². The number of hydrogen-bond acceptors (Lipinski definition) is 5. The van der Waals surface area contributed by atoms with Gasteiger partial charge in [0.1, 0.15) is 0 Å². The van der Waals surface area contributed by atoms with Crippen LogP contribution in [0.2, 0.25) is 0 Å². The maximum Gasteiger partial charge on any atom is 0.178 e. The number of allylic oxidation sites excluding steroid dienone is 2. The van der Waals surface area contributed by atoms with Crippen molar-refractivity contribution in [1.82, 2.24) is 9.97 Å². The van der Waals surface area contributed by atoms with Crippen molar-refractivity contribution in [2.45, 2.75) is 0 Å². The Morgan fingerprint density at radius 3 is 1.88 bits per heavy atom. The third-order valence-electron chi connectivity index (χ3n) is 1.74. The highest BCUT2D eigenvalue weighted by molar-refractivity contribution is 7.07. The lowest BCUT2D eigenvalue weighted by molar-refractivity contribution is -0.110. The largest absolute Gasteiger partial charge is 0.290 e. The molecule has 0 aliphatic heterocycles. The Balaban J connectivity index is 1.94. The standard InChI is InChI=1S/C11H8N2OS2/c14-11(3-1-9-5-15-7-12-9)4-2-10-6-16-8-13-10/h1-8H/b3-1+,4-2+. The number of rotatable bonds is 4. The van der Waals surface area contributed by atoms with E-state index in [1.165, 1.54) is 34.8 Å². The molecule has 0 aromatic carbocycles. The van der Waals surface area contributed by atoms with Crippen LogP contribution < -0.4 is 0 Å². The van der Waals surface area contributed by atoms with Gasteiger partial charge in [-0.05, 0) is 24.3 Å². The van der Waals surface area contributed by atoms with Crippen LogP contribution in [0.15, 0.2) is 33.9 Å². The predicted molar refractivity (Wildman–Crippen MR) is 67.3 cm³/mol. The van der Waals surface area contributed by atoms with Crippen LogP contribution in [0.1, 0.15) is 11.4 Å². The van der Waals surface area contributed by atoms with E-state index in [2.05, 4.69) is 9.97 Å². The summed E-state index contributed by atoms with van der Waals surface area (Å²) in [6.07, 6.45) is 6.39. The van der Waals surface area contributed by atoms with E-state index >= 15 is 0 Å². The van der Waals surface area contributed by atoms with Gasteiger partial charge in [-0.1, -0.05) is 0 Å². The summed E-state index contributed by atoms with van der Waals surface area (Å²) in [7, 11) is 0. The van der Waals surface area contributed by atoms with Gasteiger partial charge in [0.15, 0.2) is 5.78 Å². The Morgan fingerprint density at radius 2 is 1.50 bits per heavy atom. The second kappa shape index (κ2) is 5.48. The highest BCUT2D eigenvalue weighted by atomic mass is 32.1. The summed E-state index contributed by atoms with van der Waals surface area (Å²) in [5.41, 5.74) is 5.07. The topological polar surface area (TPSA) is 42.9 Å². The molecule has 80 valence electrons. The second-order valence-corrected chi connectivity index (χ2v) is 4.33. The van der Waals surface area contributed by atoms with E-state index in [1.807, 2.05) is 10.8 Å². The first-order valence-corrected chi connectivity index (χ1v) is 6.39. The van der Waals surface area contributed by atoms with Crippen LogP contribution in [0, 0.1) is 0 Å². The van der Waals surface area contributed by atoms with E-state index in [1.54, 1.807) is 23.2 Å². The molecule has 0 radical (unpaired) electrons. The maximum atomic E-state index is 11.4. The first-order chi connectivity index (χ1) is 7.84. The Hall–Kier alpha value is -1.59. The van der Waals surface area contributed by atoms with Crippen molar-refractivity contribution in [1.29, 1.82) is 0 Å². The highest BCUT2D eigenvalue weighted by Crippen LogP contribution is 2.05. The van der Waals surface area contributed by atoms with Crippen molar-refractivity contribution in [2.75, 3.05) is 0 Å². The Morgan fingerprint density at radius 1 is 1.00 bits per heavy atom. The Labute approximate surface area is 101 Å². The van der Waals surface area contributed by atoms with E-state index in [9.17, 15) is 4.79 Å². The summed E-state index contributed by atoms with van der Waals surface area (Å²) in [5, 5.41) is 3.77. The summed E-state index contributed by atoms with van der Waals surface area (Å²) in [6.45, 7) is 0. The molecule has 2 aromatic rings. The summed E-state index contributed by atoms with van der Waals surface area (Å²) in [6, 6.07) is 0. The van der Waals surface area contributed by atoms with Gasteiger partial charge in [0, 0.05) is 10.8 Å². The lowest BCUT2D eigenvalue weighted by Gasteiger charge is -1.83. The summed E-state index contributed by atoms with van der Waals surface area (Å²) < 4.78 is 0. The monoisotopic (exact) mass is 248 g/mol. The van der Waals surface area contributed by atoms with Crippen molar-refractivity contribution in [2.24, 2.45) is 0 Å². The van der Waals surface area contributed by atoms with Crippen molar-refractivity contribution in [3.63, 3.8) is 0 Å². The smallest absolute Gasteiger partial charge is 0.178 e. The van der Waals surface area contributed by atoms with Crippen LogP contribution in [0.5, 0.6) is 0 Å². The van der Waals surface area contributed by atoms with E-state index in [-0.39, 0.29) is 5.78 Å². The van der Waals surface area contributed by atoms with Crippen LogP contribution in [-0.2, 0) is 4.79 Å². The van der Waals surface area contributed by atoms with Gasteiger partial charge >= 0.3 is 0 Å². The van der Waals surface area contributed by atoms with Crippen molar-refractivity contribution in [3.05, 3.63) is 45.3 Å². The SMILES string of the molecule is O=C(/C=C/c1cscn1)/C=C/c1cscn1. The average molecular weight is 248 g/mol. The zero-order chi connectivity index (χ0) is 11.2. The average Bonchev–Trinajstić information content (AvgIpc) is 2.96. The number of carbonyl (C=O) groups excluding carboxylic acids is 1. The molecule has 5 heteroatoms. The van der Waals surface area contributed by atoms with E-state index in [4.69, 9.17) is 0 Å². The molecule has 0 saturated heterocycles. The van der Waals surface area contributed by atoms with Gasteiger partial charge in [-0.2, -0.15) is 0 Å². The third kappa shape index (κ3) is 3.22. The number of thiazole rings is 2. The summed E-state index contributed by atoms with van der Waals surface area (Å²) in [4.78, 5) is 19.5. The molecule has 0 atom stereocenters. The van der Waals surface area contributed by atoms with Gasteiger partial charge in [-0.15, -0.1) is 22.7 Å². The number of carbonyl (C=O) groups is 1. The fraction of sp³-hybridized carbons (Fsp3) is 0. The van der Waals surface area contributed by atoms with E-state index in [0.717, 1.165) is 11.4 Å². The van der Waals surface area contributed by atoms with Gasteiger partial charge < -0.3 is 0 Å². The van der Waals surface area contributed by atoms with E-state index in [0.29, 0.717) is 0 Å². The molecule has 0 aliphatic carbocycles. The molecular weight excluding hydrogens is 240 g/mol. The molecule has 0 saturated carbocycles. The normalized spacial score (nSPS) is 11.5. The Bertz CT molecular complexity index is 452. The van der Waals surface area contributed by atoms with Crippen LogP contribution >= 0.6 is 22.7 Å². The van der Waals surface area contributed by atoms with Crippen LogP contribution in [0.3, 0.4) is 0 Å². The van der Waals surface area contributed by atoms with Gasteiger partial charge in [0.2, 0.25) is 0 Å². The molecule has 0 fully saturated rings. The van der Waals surface area contributed by atoms with Crippen molar-refractivity contribution < 1.29 is 4.79 Å². The number of nitrogens with zero attached hydrogens (tertiary/aromatic N) is 2. The first kappa shape index (κ1) is 10.9. The number of hydrogen-bond donors (Lipinski definition) is 0. The van der Waals surface area contributed by atoms with Crippen LogP contribution in [0.25, 0.3) is 12.2 Å². The fourth-order valence-corrected chi connectivity index (χ4v) is 2.04. The minimum atomic E-state index is -0.0685. The highest BCUT2D eigenvalue weighted by Gasteiger charge is 1.92. The molecule has 0 amide bonds. The first-order valence-electron chi connectivity index (χ1n) is 4.51. The summed E-state index contributed by atoms with van der Waals surface area (Å²) >= 11 is 3.00. The molecule has 0 aliphatic rings. The minimum Gasteiger partial charge on any atom is -0.290 e. The quantitative estimate of drug-likeness (QED) is 0.781. The molecule has 0 bridgehead atoms. The fourth-order valence-electron chi connectivity index (χ4n) is 0.999. The molecule has 2 rings (SSSR count). The van der Waals surface area contributed by atoms with Crippen molar-refractivity contribution >= 4 is 40.6 Å². The third-order valence-corrected chi connectivity index (χ3v) is 2.95. The van der Waals surface area contributed by atoms with Gasteiger partial charge in [0.05, 0.1) is 22.4 Å². The molecular formula is C11H8N2OS2. The van der Waals surface area contributed by atoms with Gasteiger partial charge in [-0.25, -0.2) is 9.97 Å². The molecule has 16 heavy (non-hydrogen) atoms. The molecule has 3 nitrogen and oxygen atoms in total. The predicted octanol–water partition coefficient (Wildman–Crippen LogP) is 2.90. The zero-order valence-electron chi connectivity index (χ0n) is 8.24. The molecule has 2 aromatic heterocycles. The van der Waals surface area contributed by atoms with Crippen LogP contribution in [-0.4, -0.2) is 15.8 Å². The molecule has 0 N–H and O–H groups in total. The number of aromatic nitrogens is 2. The van der Waals surface area contributed by atoms with Gasteiger partial charge in [-0.3, -0.25) is 4.79 Å². The zero-order valence-corrected chi connectivity index (χ0v) is 9.87. The summed E-state index contributed by atoms with van der Waals surface area (Å²) in [5.74, 6) is -0.0685. The molecule has 0 spiro atoms. The molecule has 0 unspecified atom stereocenters. The maximum absolute atomic E-state index is 11.4. The second-order valence-electron chi connectivity index (χ2n) is 2.90. The lowest BCUT2D eigenvalue weighted by Crippen LogP contribution is -1.84. The van der Waals surface area contributed by atoms with E-state index < -0.39 is 0 Å². The lowest BCUT2D eigenvalue weighted by atomic mass is 10.3.